The monoisotopic (exact) mass is 400 g/mol. The first-order valence-electron chi connectivity index (χ1n) is 9.27. The molecule has 2 atom stereocenters. The molecule has 2 heterocycles. The lowest BCUT2D eigenvalue weighted by molar-refractivity contribution is 0.281. The molecule has 0 saturated carbocycles. The van der Waals surface area contributed by atoms with Crippen LogP contribution >= 0.6 is 11.6 Å². The fraction of sp³-hybridized carbons (Fsp3) is 0.350. The van der Waals surface area contributed by atoms with Crippen LogP contribution in [0.15, 0.2) is 42.5 Å². The van der Waals surface area contributed by atoms with E-state index in [9.17, 15) is 4.39 Å². The van der Waals surface area contributed by atoms with Crippen molar-refractivity contribution in [3.8, 4) is 5.69 Å². The molecule has 1 aliphatic rings. The zero-order valence-corrected chi connectivity index (χ0v) is 16.6. The lowest BCUT2D eigenvalue weighted by Gasteiger charge is -2.26. The Kier molecular flexibility index (Phi) is 5.28. The summed E-state index contributed by atoms with van der Waals surface area (Å²) in [5, 5.41) is 15.5. The van der Waals surface area contributed by atoms with Crippen LogP contribution in [0.25, 0.3) is 5.69 Å². The number of benzene rings is 2. The van der Waals surface area contributed by atoms with Gasteiger partial charge in [0, 0.05) is 12.6 Å². The van der Waals surface area contributed by atoms with Crippen LogP contribution in [0.4, 0.5) is 10.3 Å². The Morgan fingerprint density at radius 1 is 1.21 bits per heavy atom. The maximum atomic E-state index is 14.0. The highest BCUT2D eigenvalue weighted by Crippen LogP contribution is 2.37. The minimum Gasteiger partial charge on any atom is -0.352 e. The Hall–Kier alpha value is -2.51. The Morgan fingerprint density at radius 3 is 2.75 bits per heavy atom. The van der Waals surface area contributed by atoms with Crippen LogP contribution < -0.4 is 5.32 Å². The van der Waals surface area contributed by atoms with Gasteiger partial charge in [-0.15, -0.1) is 0 Å². The van der Waals surface area contributed by atoms with Crippen LogP contribution in [0.5, 0.6) is 0 Å². The molecule has 1 saturated heterocycles. The van der Waals surface area contributed by atoms with Crippen LogP contribution in [0.3, 0.4) is 0 Å². The van der Waals surface area contributed by atoms with Crippen LogP contribution in [0.1, 0.15) is 23.6 Å². The Morgan fingerprint density at radius 2 is 2.00 bits per heavy atom. The van der Waals surface area contributed by atoms with Crippen LogP contribution in [0.2, 0.25) is 5.02 Å². The average Bonchev–Trinajstić information content (AvgIpc) is 3.29. The maximum absolute atomic E-state index is 14.0. The summed E-state index contributed by atoms with van der Waals surface area (Å²) in [6, 6.07) is 13.2. The van der Waals surface area contributed by atoms with Gasteiger partial charge in [-0.3, -0.25) is 4.90 Å². The summed E-state index contributed by atoms with van der Waals surface area (Å²) in [4.78, 5) is 2.25. The average molecular weight is 401 g/mol. The molecule has 4 rings (SSSR count). The van der Waals surface area contributed by atoms with Crippen molar-refractivity contribution in [1.82, 2.24) is 25.1 Å². The van der Waals surface area contributed by atoms with Gasteiger partial charge >= 0.3 is 0 Å². The number of halogens is 2. The minimum atomic E-state index is -0.380. The molecule has 1 aromatic heterocycles. The normalized spacial score (nSPS) is 19.9. The van der Waals surface area contributed by atoms with Crippen molar-refractivity contribution < 1.29 is 4.39 Å². The molecule has 2 aromatic carbocycles. The van der Waals surface area contributed by atoms with E-state index in [1.165, 1.54) is 11.6 Å². The molecule has 1 fully saturated rings. The zero-order valence-electron chi connectivity index (χ0n) is 15.8. The van der Waals surface area contributed by atoms with E-state index in [1.54, 1.807) is 10.7 Å². The summed E-state index contributed by atoms with van der Waals surface area (Å²) in [6.07, 6.45) is 1.00. The quantitative estimate of drug-likeness (QED) is 0.704. The summed E-state index contributed by atoms with van der Waals surface area (Å²) in [6.45, 7) is 3.68. The molecule has 6 nitrogen and oxygen atoms in total. The molecular weight excluding hydrogens is 379 g/mol. The van der Waals surface area contributed by atoms with Crippen molar-refractivity contribution in [2.75, 3.05) is 25.5 Å². The maximum Gasteiger partial charge on any atom is 0.247 e. The summed E-state index contributed by atoms with van der Waals surface area (Å²) >= 11 is 5.85. The number of hydrogen-bond acceptors (Lipinski definition) is 5. The highest BCUT2D eigenvalue weighted by Gasteiger charge is 2.33. The molecule has 1 N–H and O–H groups in total. The van der Waals surface area contributed by atoms with E-state index in [-0.39, 0.29) is 16.9 Å². The SMILES string of the molecule is Cc1ccc(-n2nnnc2NCC2CCN(C)C2c2ccc(Cl)c(F)c2)cc1. The molecule has 28 heavy (non-hydrogen) atoms. The first-order chi connectivity index (χ1) is 13.5. The van der Waals surface area contributed by atoms with E-state index in [0.29, 0.717) is 18.4 Å². The molecule has 0 amide bonds. The topological polar surface area (TPSA) is 58.9 Å². The third-order valence-electron chi connectivity index (χ3n) is 5.33. The number of hydrogen-bond donors (Lipinski definition) is 1. The number of aromatic nitrogens is 4. The van der Waals surface area contributed by atoms with Gasteiger partial charge in [0.25, 0.3) is 0 Å². The second-order valence-electron chi connectivity index (χ2n) is 7.28. The third kappa shape index (κ3) is 3.72. The fourth-order valence-corrected chi connectivity index (χ4v) is 3.96. The molecule has 0 aliphatic carbocycles. The third-order valence-corrected chi connectivity index (χ3v) is 5.64. The van der Waals surface area contributed by atoms with Gasteiger partial charge < -0.3 is 5.32 Å². The van der Waals surface area contributed by atoms with Gasteiger partial charge in [0.15, 0.2) is 0 Å². The van der Waals surface area contributed by atoms with E-state index in [2.05, 4.69) is 32.8 Å². The van der Waals surface area contributed by atoms with Gasteiger partial charge in [-0.2, -0.15) is 4.68 Å². The van der Waals surface area contributed by atoms with E-state index in [1.807, 2.05) is 37.3 Å². The highest BCUT2D eigenvalue weighted by atomic mass is 35.5. The number of nitrogens with one attached hydrogen (secondary N) is 1. The number of likely N-dealkylation sites (tertiary alicyclic amines) is 1. The van der Waals surface area contributed by atoms with Crippen molar-refractivity contribution in [3.63, 3.8) is 0 Å². The van der Waals surface area contributed by atoms with Crippen LogP contribution in [0, 0.1) is 18.7 Å². The first kappa shape index (κ1) is 18.8. The van der Waals surface area contributed by atoms with E-state index in [4.69, 9.17) is 11.6 Å². The lowest BCUT2D eigenvalue weighted by atomic mass is 9.93. The highest BCUT2D eigenvalue weighted by molar-refractivity contribution is 6.30. The van der Waals surface area contributed by atoms with Crippen molar-refractivity contribution in [2.24, 2.45) is 5.92 Å². The van der Waals surface area contributed by atoms with Crippen molar-refractivity contribution in [2.45, 2.75) is 19.4 Å². The summed E-state index contributed by atoms with van der Waals surface area (Å²) in [5.41, 5.74) is 3.02. The van der Waals surface area contributed by atoms with Crippen LogP contribution in [-0.4, -0.2) is 45.2 Å². The molecule has 3 aromatic rings. The Labute approximate surface area is 168 Å². The van der Waals surface area contributed by atoms with Gasteiger partial charge in [-0.25, -0.2) is 4.39 Å². The van der Waals surface area contributed by atoms with Gasteiger partial charge in [-0.05, 0) is 73.1 Å². The van der Waals surface area contributed by atoms with Crippen molar-refractivity contribution in [1.29, 1.82) is 0 Å². The molecule has 146 valence electrons. The minimum absolute atomic E-state index is 0.114. The lowest BCUT2D eigenvalue weighted by Crippen LogP contribution is -2.25. The predicted molar refractivity (Wildman–Crippen MR) is 107 cm³/mol. The molecular formula is C20H22ClFN6. The second kappa shape index (κ2) is 7.85. The van der Waals surface area contributed by atoms with Crippen LogP contribution in [-0.2, 0) is 0 Å². The summed E-state index contributed by atoms with van der Waals surface area (Å²) in [5.74, 6) is 0.516. The molecule has 0 spiro atoms. The number of rotatable bonds is 5. The van der Waals surface area contributed by atoms with E-state index >= 15 is 0 Å². The fourth-order valence-electron chi connectivity index (χ4n) is 3.84. The van der Waals surface area contributed by atoms with Gasteiger partial charge in [0.05, 0.1) is 10.7 Å². The first-order valence-corrected chi connectivity index (χ1v) is 9.65. The summed E-state index contributed by atoms with van der Waals surface area (Å²) < 4.78 is 15.7. The Balaban J connectivity index is 1.51. The summed E-state index contributed by atoms with van der Waals surface area (Å²) in [7, 11) is 2.06. The van der Waals surface area contributed by atoms with Gasteiger partial charge in [-0.1, -0.05) is 40.5 Å². The zero-order chi connectivity index (χ0) is 19.7. The smallest absolute Gasteiger partial charge is 0.247 e. The number of aryl methyl sites for hydroxylation is 1. The molecule has 2 unspecified atom stereocenters. The Bertz CT molecular complexity index is 958. The van der Waals surface area contributed by atoms with Crippen molar-refractivity contribution >= 4 is 17.5 Å². The van der Waals surface area contributed by atoms with Gasteiger partial charge in [0.2, 0.25) is 5.95 Å². The molecule has 0 bridgehead atoms. The number of tetrazole rings is 1. The largest absolute Gasteiger partial charge is 0.352 e. The van der Waals surface area contributed by atoms with Crippen molar-refractivity contribution in [3.05, 3.63) is 64.4 Å². The van der Waals surface area contributed by atoms with E-state index in [0.717, 1.165) is 24.2 Å². The standard InChI is InChI=1S/C20H22ClFN6/c1-13-3-6-16(7-4-13)28-20(24-25-26-28)23-12-15-9-10-27(2)19(15)14-5-8-17(21)18(22)11-14/h3-8,11,15,19H,9-10,12H2,1-2H3,(H,23,24,26). The molecule has 0 radical (unpaired) electrons. The molecule has 8 heteroatoms. The van der Waals surface area contributed by atoms with E-state index < -0.39 is 0 Å². The second-order valence-corrected chi connectivity index (χ2v) is 7.69. The number of nitrogens with zero attached hydrogens (tertiary/aromatic N) is 5. The predicted octanol–water partition coefficient (Wildman–Crippen LogP) is 3.87. The molecule has 1 aliphatic heterocycles. The number of anilines is 1. The van der Waals surface area contributed by atoms with Gasteiger partial charge in [0.1, 0.15) is 5.82 Å².